The summed E-state index contributed by atoms with van der Waals surface area (Å²) < 4.78 is 0. The van der Waals surface area contributed by atoms with Gasteiger partial charge in [-0.1, -0.05) is 37.6 Å². The van der Waals surface area contributed by atoms with E-state index in [0.717, 1.165) is 12.0 Å². The van der Waals surface area contributed by atoms with Crippen LogP contribution in [0, 0.1) is 10.8 Å². The molecule has 0 radical (unpaired) electrons. The predicted molar refractivity (Wildman–Crippen MR) is 60.4 cm³/mol. The van der Waals surface area contributed by atoms with E-state index < -0.39 is 17.1 Å². The van der Waals surface area contributed by atoms with E-state index in [4.69, 9.17) is 0 Å². The molecule has 0 aromatic carbocycles. The molecule has 0 aromatic rings. The van der Waals surface area contributed by atoms with Crippen molar-refractivity contribution < 1.29 is 10.2 Å². The van der Waals surface area contributed by atoms with Crippen molar-refractivity contribution in [3.05, 3.63) is 23.8 Å². The lowest BCUT2D eigenvalue weighted by atomic mass is 9.61. The minimum absolute atomic E-state index is 0.0327. The summed E-state index contributed by atoms with van der Waals surface area (Å²) in [5.74, 6) is 0. The second kappa shape index (κ2) is 2.74. The van der Waals surface area contributed by atoms with Crippen molar-refractivity contribution >= 4 is 0 Å². The monoisotopic (exact) mass is 208 g/mol. The van der Waals surface area contributed by atoms with Crippen LogP contribution in [0.1, 0.15) is 34.1 Å². The third kappa shape index (κ3) is 1.18. The van der Waals surface area contributed by atoms with Crippen LogP contribution in [-0.2, 0) is 0 Å². The van der Waals surface area contributed by atoms with Crippen molar-refractivity contribution in [2.24, 2.45) is 10.8 Å². The van der Waals surface area contributed by atoms with Gasteiger partial charge in [-0.05, 0) is 25.7 Å². The van der Waals surface area contributed by atoms with Gasteiger partial charge in [-0.15, -0.1) is 0 Å². The molecular formula is C13H20O2. The first-order valence-corrected chi connectivity index (χ1v) is 5.53. The molecule has 2 aliphatic rings. The van der Waals surface area contributed by atoms with Crippen molar-refractivity contribution in [2.75, 3.05) is 0 Å². The summed E-state index contributed by atoms with van der Waals surface area (Å²) in [4.78, 5) is 0. The number of fused-ring (bicyclic) bond motifs is 1. The van der Waals surface area contributed by atoms with Crippen molar-refractivity contribution in [3.63, 3.8) is 0 Å². The minimum atomic E-state index is -1.09. The van der Waals surface area contributed by atoms with Crippen LogP contribution in [0.5, 0.6) is 0 Å². The van der Waals surface area contributed by atoms with E-state index in [1.807, 2.05) is 19.1 Å². The standard InChI is InChI=1S/C13H20O2/c1-11(2)6-5-7-12(3)9(11)8-10(14)13(12,4)15/h5,7-8,10,14-15H,6H2,1-4H3/t10-,12-,13+/m1/s1. The van der Waals surface area contributed by atoms with E-state index in [1.54, 1.807) is 6.92 Å². The fraction of sp³-hybridized carbons (Fsp3) is 0.692. The van der Waals surface area contributed by atoms with Crippen molar-refractivity contribution in [1.82, 2.24) is 0 Å². The smallest absolute Gasteiger partial charge is 0.104 e. The molecule has 0 spiro atoms. The second-order valence-electron chi connectivity index (χ2n) is 5.87. The summed E-state index contributed by atoms with van der Waals surface area (Å²) in [5, 5.41) is 20.3. The van der Waals surface area contributed by atoms with E-state index in [-0.39, 0.29) is 5.41 Å². The molecule has 2 nitrogen and oxygen atoms in total. The fourth-order valence-electron chi connectivity index (χ4n) is 2.96. The van der Waals surface area contributed by atoms with Crippen LogP contribution in [-0.4, -0.2) is 21.9 Å². The highest BCUT2D eigenvalue weighted by molar-refractivity contribution is 5.42. The van der Waals surface area contributed by atoms with E-state index in [2.05, 4.69) is 19.9 Å². The fourth-order valence-corrected chi connectivity index (χ4v) is 2.96. The van der Waals surface area contributed by atoms with Gasteiger partial charge in [-0.3, -0.25) is 0 Å². The number of rotatable bonds is 0. The maximum absolute atomic E-state index is 10.4. The van der Waals surface area contributed by atoms with Crippen LogP contribution in [0.25, 0.3) is 0 Å². The van der Waals surface area contributed by atoms with Crippen molar-refractivity contribution in [2.45, 2.75) is 45.8 Å². The molecule has 0 saturated carbocycles. The Balaban J connectivity index is 2.59. The van der Waals surface area contributed by atoms with Crippen LogP contribution in [0.3, 0.4) is 0 Å². The van der Waals surface area contributed by atoms with E-state index in [9.17, 15) is 10.2 Å². The number of allylic oxidation sites excluding steroid dienone is 1. The quantitative estimate of drug-likeness (QED) is 0.598. The lowest BCUT2D eigenvalue weighted by Gasteiger charge is -2.46. The Morgan fingerprint density at radius 1 is 1.27 bits per heavy atom. The average Bonchev–Trinajstić information content (AvgIpc) is 2.26. The second-order valence-corrected chi connectivity index (χ2v) is 5.87. The topological polar surface area (TPSA) is 40.5 Å². The number of aliphatic hydroxyl groups excluding tert-OH is 1. The molecule has 2 rings (SSSR count). The normalized spacial score (nSPS) is 47.6. The Labute approximate surface area is 91.3 Å². The Kier molecular flexibility index (Phi) is 1.99. The summed E-state index contributed by atoms with van der Waals surface area (Å²) in [5.41, 5.74) is -0.314. The van der Waals surface area contributed by atoms with Gasteiger partial charge in [-0.2, -0.15) is 0 Å². The van der Waals surface area contributed by atoms with Crippen LogP contribution >= 0.6 is 0 Å². The molecule has 15 heavy (non-hydrogen) atoms. The van der Waals surface area contributed by atoms with Gasteiger partial charge >= 0.3 is 0 Å². The summed E-state index contributed by atoms with van der Waals surface area (Å²) in [6, 6.07) is 0. The number of hydrogen-bond donors (Lipinski definition) is 2. The van der Waals surface area contributed by atoms with Gasteiger partial charge in [0.25, 0.3) is 0 Å². The van der Waals surface area contributed by atoms with Crippen LogP contribution in [0.2, 0.25) is 0 Å². The molecule has 0 aliphatic heterocycles. The minimum Gasteiger partial charge on any atom is -0.386 e. The van der Waals surface area contributed by atoms with Gasteiger partial charge < -0.3 is 10.2 Å². The van der Waals surface area contributed by atoms with Gasteiger partial charge in [0.05, 0.1) is 0 Å². The maximum atomic E-state index is 10.4. The molecule has 0 bridgehead atoms. The molecule has 2 N–H and O–H groups in total. The number of aliphatic hydroxyl groups is 2. The largest absolute Gasteiger partial charge is 0.386 e. The SMILES string of the molecule is CC1(C)CC=C[C@]2(C)C1=C[C@@H](O)[C@]2(C)O. The lowest BCUT2D eigenvalue weighted by Crippen LogP contribution is -2.49. The molecule has 0 aromatic heterocycles. The van der Waals surface area contributed by atoms with Crippen molar-refractivity contribution in [1.29, 1.82) is 0 Å². The molecule has 2 aliphatic carbocycles. The van der Waals surface area contributed by atoms with Gasteiger partial charge in [0, 0.05) is 5.41 Å². The Bertz CT molecular complexity index is 350. The summed E-state index contributed by atoms with van der Waals surface area (Å²) in [7, 11) is 0. The van der Waals surface area contributed by atoms with Gasteiger partial charge in [-0.25, -0.2) is 0 Å². The highest BCUT2D eigenvalue weighted by Gasteiger charge is 2.57. The van der Waals surface area contributed by atoms with Crippen LogP contribution < -0.4 is 0 Å². The van der Waals surface area contributed by atoms with Crippen molar-refractivity contribution in [3.8, 4) is 0 Å². The average molecular weight is 208 g/mol. The zero-order valence-corrected chi connectivity index (χ0v) is 9.91. The Morgan fingerprint density at radius 2 is 1.87 bits per heavy atom. The van der Waals surface area contributed by atoms with Crippen LogP contribution in [0.15, 0.2) is 23.8 Å². The zero-order valence-electron chi connectivity index (χ0n) is 9.91. The molecule has 0 saturated heterocycles. The van der Waals surface area contributed by atoms with E-state index in [0.29, 0.717) is 0 Å². The van der Waals surface area contributed by atoms with Gasteiger partial charge in [0.1, 0.15) is 11.7 Å². The summed E-state index contributed by atoms with van der Waals surface area (Å²) in [6.45, 7) is 8.04. The third-order valence-electron chi connectivity index (χ3n) is 4.32. The molecule has 2 heteroatoms. The summed E-state index contributed by atoms with van der Waals surface area (Å²) >= 11 is 0. The first-order valence-electron chi connectivity index (χ1n) is 5.53. The highest BCUT2D eigenvalue weighted by atomic mass is 16.3. The third-order valence-corrected chi connectivity index (χ3v) is 4.32. The molecule has 0 unspecified atom stereocenters. The van der Waals surface area contributed by atoms with Crippen LogP contribution in [0.4, 0.5) is 0 Å². The molecule has 0 fully saturated rings. The molecule has 84 valence electrons. The molecular weight excluding hydrogens is 188 g/mol. The highest BCUT2D eigenvalue weighted by Crippen LogP contribution is 2.57. The molecule has 3 atom stereocenters. The summed E-state index contributed by atoms with van der Waals surface area (Å²) in [6.07, 6.45) is 6.20. The molecule has 0 amide bonds. The van der Waals surface area contributed by atoms with E-state index >= 15 is 0 Å². The first-order chi connectivity index (χ1) is 6.72. The first kappa shape index (κ1) is 10.9. The zero-order chi connectivity index (χ0) is 11.5. The molecule has 0 heterocycles. The van der Waals surface area contributed by atoms with Gasteiger partial charge in [0.15, 0.2) is 0 Å². The Hall–Kier alpha value is -0.600. The maximum Gasteiger partial charge on any atom is 0.104 e. The lowest BCUT2D eigenvalue weighted by molar-refractivity contribution is -0.0821. The Morgan fingerprint density at radius 3 is 2.40 bits per heavy atom. The number of hydrogen-bond acceptors (Lipinski definition) is 2. The van der Waals surface area contributed by atoms with E-state index in [1.165, 1.54) is 0 Å². The predicted octanol–water partition coefficient (Wildman–Crippen LogP) is 2.03. The van der Waals surface area contributed by atoms with Gasteiger partial charge in [0.2, 0.25) is 0 Å².